The quantitative estimate of drug-likeness (QED) is 0.492. The van der Waals surface area contributed by atoms with Crippen molar-refractivity contribution in [1.82, 2.24) is 9.55 Å². The summed E-state index contributed by atoms with van der Waals surface area (Å²) in [5, 5.41) is 2.43. The molecule has 4 rings (SSSR count). The Morgan fingerprint density at radius 2 is 1.72 bits per heavy atom. The number of nitrogens with zero attached hydrogens (tertiary/aromatic N) is 2. The lowest BCUT2D eigenvalue weighted by Crippen LogP contribution is -2.06. The second-order valence-electron chi connectivity index (χ2n) is 6.82. The van der Waals surface area contributed by atoms with Gasteiger partial charge in [0.05, 0.1) is 18.1 Å². The Bertz CT molecular complexity index is 1030. The Hall–Kier alpha value is -2.81. The van der Waals surface area contributed by atoms with Crippen molar-refractivity contribution < 1.29 is 4.74 Å². The lowest BCUT2D eigenvalue weighted by Gasteiger charge is -2.12. The van der Waals surface area contributed by atoms with E-state index in [2.05, 4.69) is 66.9 Å². The first-order valence-electron chi connectivity index (χ1n) is 8.70. The molecule has 0 radical (unpaired) electrons. The molecule has 4 aromatic rings. The molecular weight excluding hydrogens is 308 g/mol. The molecule has 1 aromatic heterocycles. The fraction of sp³-hybridized carbons (Fsp3) is 0.227. The molecule has 0 fully saturated rings. The van der Waals surface area contributed by atoms with Gasteiger partial charge < -0.3 is 9.30 Å². The topological polar surface area (TPSA) is 27.1 Å². The van der Waals surface area contributed by atoms with Crippen LogP contribution < -0.4 is 4.74 Å². The number of ether oxygens (including phenoxy) is 1. The Kier molecular flexibility index (Phi) is 3.92. The number of imidazole rings is 1. The molecule has 126 valence electrons. The van der Waals surface area contributed by atoms with E-state index in [0.717, 1.165) is 29.2 Å². The van der Waals surface area contributed by atoms with E-state index < -0.39 is 0 Å². The Morgan fingerprint density at radius 3 is 2.44 bits per heavy atom. The molecule has 0 bridgehead atoms. The van der Waals surface area contributed by atoms with Crippen LogP contribution in [0.4, 0.5) is 0 Å². The Labute approximate surface area is 147 Å². The molecule has 0 saturated heterocycles. The largest absolute Gasteiger partial charge is 0.497 e. The van der Waals surface area contributed by atoms with Crippen LogP contribution in [0.25, 0.3) is 33.2 Å². The van der Waals surface area contributed by atoms with Gasteiger partial charge in [0, 0.05) is 17.5 Å². The highest BCUT2D eigenvalue weighted by molar-refractivity contribution is 6.05. The average molecular weight is 330 g/mol. The van der Waals surface area contributed by atoms with Crippen LogP contribution in [-0.4, -0.2) is 16.7 Å². The zero-order valence-corrected chi connectivity index (χ0v) is 14.9. The fourth-order valence-electron chi connectivity index (χ4n) is 3.37. The smallest absolute Gasteiger partial charge is 0.141 e. The van der Waals surface area contributed by atoms with Gasteiger partial charge in [0.2, 0.25) is 0 Å². The third-order valence-electron chi connectivity index (χ3n) is 4.54. The SMILES string of the molecule is COc1ccc(-c2nc3c4ccccc4ccc3n2CC(C)C)cc1. The zero-order chi connectivity index (χ0) is 17.4. The molecule has 0 spiro atoms. The lowest BCUT2D eigenvalue weighted by molar-refractivity contribution is 0.415. The van der Waals surface area contributed by atoms with Crippen molar-refractivity contribution in [3.63, 3.8) is 0 Å². The summed E-state index contributed by atoms with van der Waals surface area (Å²) >= 11 is 0. The third kappa shape index (κ3) is 2.76. The molecule has 0 unspecified atom stereocenters. The molecule has 0 N–H and O–H groups in total. The molecule has 25 heavy (non-hydrogen) atoms. The number of methoxy groups -OCH3 is 1. The molecule has 3 aromatic carbocycles. The second kappa shape index (κ2) is 6.25. The highest BCUT2D eigenvalue weighted by Crippen LogP contribution is 2.31. The highest BCUT2D eigenvalue weighted by Gasteiger charge is 2.15. The van der Waals surface area contributed by atoms with Gasteiger partial charge in [0.1, 0.15) is 11.6 Å². The summed E-state index contributed by atoms with van der Waals surface area (Å²) in [6, 6.07) is 21.0. The molecule has 0 aliphatic rings. The predicted octanol–water partition coefficient (Wildman–Crippen LogP) is 5.52. The summed E-state index contributed by atoms with van der Waals surface area (Å²) in [4.78, 5) is 5.04. The molecule has 3 heteroatoms. The number of benzene rings is 3. The minimum Gasteiger partial charge on any atom is -0.497 e. The van der Waals surface area contributed by atoms with Crippen LogP contribution in [0.5, 0.6) is 5.75 Å². The number of fused-ring (bicyclic) bond motifs is 3. The van der Waals surface area contributed by atoms with Gasteiger partial charge in [-0.05, 0) is 41.6 Å². The summed E-state index contributed by atoms with van der Waals surface area (Å²) in [5.74, 6) is 2.42. The minimum atomic E-state index is 0.542. The number of hydrogen-bond acceptors (Lipinski definition) is 2. The summed E-state index contributed by atoms with van der Waals surface area (Å²) < 4.78 is 7.63. The van der Waals surface area contributed by atoms with Crippen LogP contribution in [0.2, 0.25) is 0 Å². The first-order chi connectivity index (χ1) is 12.2. The monoisotopic (exact) mass is 330 g/mol. The standard InChI is InChI=1S/C22H22N2O/c1-15(2)14-24-20-13-10-16-6-4-5-7-19(16)21(20)23-22(24)17-8-11-18(25-3)12-9-17/h4-13,15H,14H2,1-3H3. The molecule has 0 amide bonds. The number of aromatic nitrogens is 2. The normalized spacial score (nSPS) is 11.5. The van der Waals surface area contributed by atoms with E-state index in [0.29, 0.717) is 5.92 Å². The van der Waals surface area contributed by atoms with Crippen LogP contribution in [0.3, 0.4) is 0 Å². The van der Waals surface area contributed by atoms with Crippen molar-refractivity contribution in [2.45, 2.75) is 20.4 Å². The molecule has 0 aliphatic heterocycles. The maximum atomic E-state index is 5.29. The van der Waals surface area contributed by atoms with Gasteiger partial charge in [0.25, 0.3) is 0 Å². The molecular formula is C22H22N2O. The van der Waals surface area contributed by atoms with Gasteiger partial charge in [-0.15, -0.1) is 0 Å². The van der Waals surface area contributed by atoms with E-state index in [1.54, 1.807) is 7.11 Å². The van der Waals surface area contributed by atoms with Crippen LogP contribution in [0, 0.1) is 5.92 Å². The lowest BCUT2D eigenvalue weighted by atomic mass is 10.1. The van der Waals surface area contributed by atoms with E-state index in [9.17, 15) is 0 Å². The van der Waals surface area contributed by atoms with Crippen molar-refractivity contribution in [3.05, 3.63) is 60.7 Å². The van der Waals surface area contributed by atoms with Crippen LogP contribution in [-0.2, 0) is 6.54 Å². The molecule has 0 atom stereocenters. The first-order valence-corrected chi connectivity index (χ1v) is 8.70. The van der Waals surface area contributed by atoms with Crippen molar-refractivity contribution in [2.75, 3.05) is 7.11 Å². The molecule has 0 aliphatic carbocycles. The fourth-order valence-corrected chi connectivity index (χ4v) is 3.37. The van der Waals surface area contributed by atoms with E-state index in [1.165, 1.54) is 16.3 Å². The van der Waals surface area contributed by atoms with Gasteiger partial charge in [-0.2, -0.15) is 0 Å². The van der Waals surface area contributed by atoms with E-state index in [1.807, 2.05) is 12.1 Å². The molecule has 0 saturated carbocycles. The van der Waals surface area contributed by atoms with Crippen molar-refractivity contribution >= 4 is 21.8 Å². The maximum absolute atomic E-state index is 5.29. The highest BCUT2D eigenvalue weighted by atomic mass is 16.5. The summed E-state index contributed by atoms with van der Waals surface area (Å²) in [5.41, 5.74) is 3.38. The summed E-state index contributed by atoms with van der Waals surface area (Å²) in [6.45, 7) is 5.42. The molecule has 3 nitrogen and oxygen atoms in total. The van der Waals surface area contributed by atoms with Crippen LogP contribution >= 0.6 is 0 Å². The van der Waals surface area contributed by atoms with Crippen molar-refractivity contribution in [2.24, 2.45) is 5.92 Å². The van der Waals surface area contributed by atoms with Crippen molar-refractivity contribution in [3.8, 4) is 17.1 Å². The molecule has 1 heterocycles. The third-order valence-corrected chi connectivity index (χ3v) is 4.54. The summed E-state index contributed by atoms with van der Waals surface area (Å²) in [7, 11) is 1.69. The van der Waals surface area contributed by atoms with Gasteiger partial charge in [-0.3, -0.25) is 0 Å². The van der Waals surface area contributed by atoms with Crippen LogP contribution in [0.1, 0.15) is 13.8 Å². The van der Waals surface area contributed by atoms with E-state index in [-0.39, 0.29) is 0 Å². The minimum absolute atomic E-state index is 0.542. The average Bonchev–Trinajstić information content (AvgIpc) is 3.00. The summed E-state index contributed by atoms with van der Waals surface area (Å²) in [6.07, 6.45) is 0. The number of rotatable bonds is 4. The second-order valence-corrected chi connectivity index (χ2v) is 6.82. The van der Waals surface area contributed by atoms with Gasteiger partial charge >= 0.3 is 0 Å². The maximum Gasteiger partial charge on any atom is 0.141 e. The van der Waals surface area contributed by atoms with E-state index >= 15 is 0 Å². The number of hydrogen-bond donors (Lipinski definition) is 0. The Balaban J connectivity index is 1.99. The van der Waals surface area contributed by atoms with Crippen molar-refractivity contribution in [1.29, 1.82) is 0 Å². The van der Waals surface area contributed by atoms with E-state index in [4.69, 9.17) is 9.72 Å². The predicted molar refractivity (Wildman–Crippen MR) is 104 cm³/mol. The first kappa shape index (κ1) is 15.7. The zero-order valence-electron chi connectivity index (χ0n) is 14.9. The van der Waals surface area contributed by atoms with Gasteiger partial charge in [0.15, 0.2) is 0 Å². The Morgan fingerprint density at radius 1 is 0.960 bits per heavy atom. The van der Waals surface area contributed by atoms with Gasteiger partial charge in [-0.25, -0.2) is 4.98 Å². The van der Waals surface area contributed by atoms with Crippen LogP contribution in [0.15, 0.2) is 60.7 Å². The van der Waals surface area contributed by atoms with Gasteiger partial charge in [-0.1, -0.05) is 44.2 Å².